The number of fused-ring (bicyclic) bond motifs is 3. The minimum atomic E-state index is 0.905. The van der Waals surface area contributed by atoms with Crippen LogP contribution in [0.2, 0.25) is 0 Å². The number of benzene rings is 1. The van der Waals surface area contributed by atoms with Crippen LogP contribution in [0.25, 0.3) is 21.9 Å². The Bertz CT molecular complexity index is 727. The van der Waals surface area contributed by atoms with Crippen LogP contribution in [0.5, 0.6) is 0 Å². The molecule has 3 heterocycles. The van der Waals surface area contributed by atoms with E-state index in [1.165, 1.54) is 11.1 Å². The lowest BCUT2D eigenvalue weighted by molar-refractivity contribution is 0.589. The molecule has 2 aromatic heterocycles. The molecule has 1 fully saturated rings. The average Bonchev–Trinajstić information content (AvgIpc) is 2.86. The summed E-state index contributed by atoms with van der Waals surface area (Å²) in [4.78, 5) is 14.1. The predicted octanol–water partition coefficient (Wildman–Crippen LogP) is 1.52. The second kappa shape index (κ2) is 4.20. The molecule has 4 rings (SSSR count). The quantitative estimate of drug-likeness (QED) is 0.690. The molecule has 0 atom stereocenters. The first-order chi connectivity index (χ1) is 9.42. The molecule has 0 unspecified atom stereocenters. The minimum absolute atomic E-state index is 0.905. The monoisotopic (exact) mass is 253 g/mol. The van der Waals surface area contributed by atoms with E-state index in [0.717, 1.165) is 42.7 Å². The van der Waals surface area contributed by atoms with Crippen LogP contribution in [0.4, 0.5) is 5.69 Å². The summed E-state index contributed by atoms with van der Waals surface area (Å²) in [5, 5.41) is 5.65. The first-order valence-corrected chi connectivity index (χ1v) is 6.59. The number of H-pyrrole nitrogens is 1. The molecular formula is C14H15N5. The third kappa shape index (κ3) is 1.74. The van der Waals surface area contributed by atoms with E-state index < -0.39 is 0 Å². The van der Waals surface area contributed by atoms with Crippen LogP contribution in [-0.4, -0.2) is 41.1 Å². The Morgan fingerprint density at radius 3 is 2.89 bits per heavy atom. The third-order valence-corrected chi connectivity index (χ3v) is 3.74. The summed E-state index contributed by atoms with van der Waals surface area (Å²) in [6.45, 7) is 4.23. The number of nitrogens with zero attached hydrogens (tertiary/aromatic N) is 3. The first-order valence-electron chi connectivity index (χ1n) is 6.59. The van der Waals surface area contributed by atoms with Crippen LogP contribution in [0, 0.1) is 0 Å². The Balaban J connectivity index is 1.84. The number of aromatic nitrogens is 3. The van der Waals surface area contributed by atoms with Crippen LogP contribution in [0.3, 0.4) is 0 Å². The molecule has 0 saturated carbocycles. The molecule has 0 bridgehead atoms. The molecule has 2 N–H and O–H groups in total. The fraction of sp³-hybridized carbons (Fsp3) is 0.286. The molecule has 1 aliphatic heterocycles. The number of hydrogen-bond acceptors (Lipinski definition) is 4. The zero-order valence-electron chi connectivity index (χ0n) is 10.6. The van der Waals surface area contributed by atoms with Gasteiger partial charge in [-0.3, -0.25) is 0 Å². The fourth-order valence-electron chi connectivity index (χ4n) is 2.74. The molecule has 3 aromatic rings. The highest BCUT2D eigenvalue weighted by atomic mass is 15.2. The van der Waals surface area contributed by atoms with Gasteiger partial charge in [0.2, 0.25) is 0 Å². The smallest absolute Gasteiger partial charge is 0.141 e. The molecule has 1 aromatic carbocycles. The van der Waals surface area contributed by atoms with Crippen molar-refractivity contribution in [1.82, 2.24) is 20.3 Å². The zero-order valence-corrected chi connectivity index (χ0v) is 10.6. The van der Waals surface area contributed by atoms with E-state index >= 15 is 0 Å². The van der Waals surface area contributed by atoms with Gasteiger partial charge in [-0.05, 0) is 12.1 Å². The zero-order chi connectivity index (χ0) is 12.7. The van der Waals surface area contributed by atoms with Gasteiger partial charge >= 0.3 is 0 Å². The largest absolute Gasteiger partial charge is 0.369 e. The summed E-state index contributed by atoms with van der Waals surface area (Å²) in [5.74, 6) is 0. The molecule has 19 heavy (non-hydrogen) atoms. The van der Waals surface area contributed by atoms with Crippen molar-refractivity contribution in [1.29, 1.82) is 0 Å². The highest BCUT2D eigenvalue weighted by Crippen LogP contribution is 2.27. The van der Waals surface area contributed by atoms with Crippen molar-refractivity contribution in [3.8, 4) is 0 Å². The number of aromatic amines is 1. The van der Waals surface area contributed by atoms with Crippen molar-refractivity contribution in [3.05, 3.63) is 30.7 Å². The van der Waals surface area contributed by atoms with E-state index in [1.54, 1.807) is 6.33 Å². The van der Waals surface area contributed by atoms with Crippen LogP contribution < -0.4 is 10.2 Å². The van der Waals surface area contributed by atoms with E-state index in [0.29, 0.717) is 0 Å². The maximum atomic E-state index is 4.27. The first kappa shape index (κ1) is 10.8. The van der Waals surface area contributed by atoms with Gasteiger partial charge in [0.25, 0.3) is 0 Å². The van der Waals surface area contributed by atoms with E-state index in [4.69, 9.17) is 0 Å². The maximum Gasteiger partial charge on any atom is 0.141 e. The molecule has 0 amide bonds. The van der Waals surface area contributed by atoms with Crippen molar-refractivity contribution < 1.29 is 0 Å². The van der Waals surface area contributed by atoms with Crippen molar-refractivity contribution in [2.45, 2.75) is 0 Å². The highest BCUT2D eigenvalue weighted by Gasteiger charge is 2.12. The van der Waals surface area contributed by atoms with Gasteiger partial charge in [0.15, 0.2) is 0 Å². The van der Waals surface area contributed by atoms with Crippen LogP contribution in [0.15, 0.2) is 30.7 Å². The summed E-state index contributed by atoms with van der Waals surface area (Å²) >= 11 is 0. The Morgan fingerprint density at radius 2 is 2.00 bits per heavy atom. The normalized spacial score (nSPS) is 16.3. The molecule has 5 heteroatoms. The lowest BCUT2D eigenvalue weighted by atomic mass is 10.2. The predicted molar refractivity (Wildman–Crippen MR) is 76.5 cm³/mol. The SMILES string of the molecule is c1ncc2c(n1)[nH]c1cc(N3CCNCC3)ccc12. The lowest BCUT2D eigenvalue weighted by Gasteiger charge is -2.29. The average molecular weight is 253 g/mol. The molecule has 0 spiro atoms. The van der Waals surface area contributed by atoms with Crippen molar-refractivity contribution in [2.75, 3.05) is 31.1 Å². The van der Waals surface area contributed by atoms with E-state index in [-0.39, 0.29) is 0 Å². The molecule has 5 nitrogen and oxygen atoms in total. The van der Waals surface area contributed by atoms with Crippen molar-refractivity contribution >= 4 is 27.6 Å². The van der Waals surface area contributed by atoms with Gasteiger partial charge in [-0.2, -0.15) is 0 Å². The number of nitrogens with one attached hydrogen (secondary N) is 2. The van der Waals surface area contributed by atoms with Gasteiger partial charge < -0.3 is 15.2 Å². The standard InChI is InChI=1S/C14H15N5/c1-2-11-12-8-16-9-17-14(12)18-13(11)7-10(1)19-5-3-15-4-6-19/h1-2,7-9,15H,3-6H2,(H,16,17,18). The van der Waals surface area contributed by atoms with Gasteiger partial charge in [-0.15, -0.1) is 0 Å². The van der Waals surface area contributed by atoms with Gasteiger partial charge in [0, 0.05) is 54.4 Å². The summed E-state index contributed by atoms with van der Waals surface area (Å²) in [5.41, 5.74) is 3.31. The minimum Gasteiger partial charge on any atom is -0.369 e. The van der Waals surface area contributed by atoms with Crippen LogP contribution in [0.1, 0.15) is 0 Å². The number of anilines is 1. The van der Waals surface area contributed by atoms with Gasteiger partial charge in [0.05, 0.1) is 0 Å². The molecule has 1 aliphatic rings. The second-order valence-corrected chi connectivity index (χ2v) is 4.88. The Labute approximate surface area is 110 Å². The second-order valence-electron chi connectivity index (χ2n) is 4.88. The topological polar surface area (TPSA) is 56.8 Å². The molecule has 0 radical (unpaired) electrons. The van der Waals surface area contributed by atoms with Crippen molar-refractivity contribution in [2.24, 2.45) is 0 Å². The van der Waals surface area contributed by atoms with E-state index in [2.05, 4.69) is 43.4 Å². The molecule has 96 valence electrons. The van der Waals surface area contributed by atoms with Crippen molar-refractivity contribution in [3.63, 3.8) is 0 Å². The molecule has 1 saturated heterocycles. The Morgan fingerprint density at radius 1 is 1.11 bits per heavy atom. The molecule has 0 aliphatic carbocycles. The Kier molecular flexibility index (Phi) is 2.38. The van der Waals surface area contributed by atoms with Gasteiger partial charge in [0.1, 0.15) is 12.0 Å². The number of piperazine rings is 1. The third-order valence-electron chi connectivity index (χ3n) is 3.74. The summed E-state index contributed by atoms with van der Waals surface area (Å²) < 4.78 is 0. The fourth-order valence-corrected chi connectivity index (χ4v) is 2.74. The van der Waals surface area contributed by atoms with Gasteiger partial charge in [-0.25, -0.2) is 9.97 Å². The Hall–Kier alpha value is -2.14. The number of hydrogen-bond donors (Lipinski definition) is 2. The maximum absolute atomic E-state index is 4.27. The summed E-state index contributed by atoms with van der Waals surface area (Å²) in [6.07, 6.45) is 3.45. The lowest BCUT2D eigenvalue weighted by Crippen LogP contribution is -2.43. The van der Waals surface area contributed by atoms with E-state index in [1.807, 2.05) is 6.20 Å². The summed E-state index contributed by atoms with van der Waals surface area (Å²) in [6, 6.07) is 6.56. The highest BCUT2D eigenvalue weighted by molar-refractivity contribution is 6.06. The molecular weight excluding hydrogens is 238 g/mol. The van der Waals surface area contributed by atoms with Crippen LogP contribution in [-0.2, 0) is 0 Å². The van der Waals surface area contributed by atoms with Crippen LogP contribution >= 0.6 is 0 Å². The van der Waals surface area contributed by atoms with Gasteiger partial charge in [-0.1, -0.05) is 6.07 Å². The number of rotatable bonds is 1. The summed E-state index contributed by atoms with van der Waals surface area (Å²) in [7, 11) is 0. The van der Waals surface area contributed by atoms with E-state index in [9.17, 15) is 0 Å².